The summed E-state index contributed by atoms with van der Waals surface area (Å²) in [7, 11) is 0. The zero-order valence-corrected chi connectivity index (χ0v) is 30.2. The van der Waals surface area contributed by atoms with E-state index in [1.54, 1.807) is 25.1 Å². The number of non-ortho nitro benzene ring substituents is 1. The van der Waals surface area contributed by atoms with Crippen LogP contribution < -0.4 is 0 Å². The molecule has 51 heavy (non-hydrogen) atoms. The van der Waals surface area contributed by atoms with E-state index in [-0.39, 0.29) is 42.3 Å². The number of hydrogen-bond acceptors (Lipinski definition) is 10. The molecule has 1 unspecified atom stereocenters. The smallest absolute Gasteiger partial charge is 0.316 e. The fraction of sp³-hybridized carbons (Fsp3) is 0.600. The molecular weight excluding hydrogens is 654 g/mol. The van der Waals surface area contributed by atoms with Crippen molar-refractivity contribution in [3.8, 4) is 0 Å². The first-order valence-corrected chi connectivity index (χ1v) is 18.4. The maximum Gasteiger partial charge on any atom is 0.316 e. The number of Topliss-reactive ketones (excluding diaryl/α,β-unsaturated/α-hetero) is 1. The molecule has 4 aliphatic heterocycles. The minimum Gasteiger partial charge on any atom is -0.462 e. The summed E-state index contributed by atoms with van der Waals surface area (Å²) in [6, 6.07) is 6.49. The van der Waals surface area contributed by atoms with E-state index in [9.17, 15) is 24.8 Å². The zero-order chi connectivity index (χ0) is 36.5. The Bertz CT molecular complexity index is 1610. The molecule has 1 aromatic carbocycles. The summed E-state index contributed by atoms with van der Waals surface area (Å²) in [6.07, 6.45) is 11.3. The molecule has 3 saturated heterocycles. The van der Waals surface area contributed by atoms with E-state index < -0.39 is 40.4 Å². The third kappa shape index (κ3) is 7.69. The normalized spacial score (nSPS) is 39.9. The number of aliphatic hydroxyl groups is 1. The van der Waals surface area contributed by atoms with Gasteiger partial charge < -0.3 is 28.8 Å². The number of carbonyl (C=O) groups is 2. The lowest BCUT2D eigenvalue weighted by atomic mass is 9.71. The van der Waals surface area contributed by atoms with Crippen molar-refractivity contribution in [2.45, 2.75) is 121 Å². The largest absolute Gasteiger partial charge is 0.462 e. The molecule has 0 saturated carbocycles. The van der Waals surface area contributed by atoms with Gasteiger partial charge in [0.25, 0.3) is 5.69 Å². The van der Waals surface area contributed by atoms with Gasteiger partial charge in [0.2, 0.25) is 0 Å². The van der Waals surface area contributed by atoms with Gasteiger partial charge in [-0.15, -0.1) is 0 Å². The van der Waals surface area contributed by atoms with Gasteiger partial charge in [-0.2, -0.15) is 0 Å². The SMILES string of the molecule is CC[C@H]1O[C@]2(CC[C@@H]1C)C[C@@H]1C[C@@H](C/C=C(\C)C(OCCc3ccc([N+](=O)[O-])cc3)[C@@H](C)/C=C/C=C3\CO[C@@H]4C(=O)C(C)=C[C@@H](C(=O)O1)[C@]34O)O2. The second-order valence-electron chi connectivity index (χ2n) is 15.0. The van der Waals surface area contributed by atoms with Gasteiger partial charge in [-0.1, -0.05) is 63.3 Å². The molecule has 11 heteroatoms. The summed E-state index contributed by atoms with van der Waals surface area (Å²) in [5.41, 5.74) is 0.894. The number of nitrogens with zero attached hydrogens (tertiary/aromatic N) is 1. The molecule has 0 amide bonds. The van der Waals surface area contributed by atoms with Gasteiger partial charge in [0.1, 0.15) is 17.6 Å². The number of ketones is 1. The summed E-state index contributed by atoms with van der Waals surface area (Å²) in [6.45, 7) is 10.4. The van der Waals surface area contributed by atoms with Crippen LogP contribution in [-0.4, -0.2) is 76.9 Å². The number of hydrogen-bond donors (Lipinski definition) is 1. The Morgan fingerprint density at radius 2 is 1.86 bits per heavy atom. The molecule has 1 spiro atoms. The van der Waals surface area contributed by atoms with Crippen LogP contribution in [0.5, 0.6) is 0 Å². The molecule has 2 bridgehead atoms. The Morgan fingerprint density at radius 1 is 1.10 bits per heavy atom. The summed E-state index contributed by atoms with van der Waals surface area (Å²) in [5, 5.41) is 23.3. The van der Waals surface area contributed by atoms with Crippen molar-refractivity contribution in [3.05, 3.63) is 87.0 Å². The molecule has 4 heterocycles. The van der Waals surface area contributed by atoms with Crippen LogP contribution in [0, 0.1) is 27.9 Å². The first-order chi connectivity index (χ1) is 24.3. The molecule has 1 aromatic rings. The third-order valence-electron chi connectivity index (χ3n) is 11.4. The lowest BCUT2D eigenvalue weighted by molar-refractivity contribution is -0.384. The van der Waals surface area contributed by atoms with Gasteiger partial charge in [-0.05, 0) is 67.7 Å². The second-order valence-corrected chi connectivity index (χ2v) is 15.0. The van der Waals surface area contributed by atoms with Crippen LogP contribution in [-0.2, 0) is 39.7 Å². The molecule has 0 radical (unpaired) electrons. The molecule has 10 atom stereocenters. The quantitative estimate of drug-likeness (QED) is 0.156. The predicted octanol–water partition coefficient (Wildman–Crippen LogP) is 6.28. The number of benzene rings is 1. The van der Waals surface area contributed by atoms with Crippen LogP contribution >= 0.6 is 0 Å². The monoisotopic (exact) mass is 705 g/mol. The average Bonchev–Trinajstić information content (AvgIpc) is 3.44. The maximum absolute atomic E-state index is 14.1. The number of nitro groups is 1. The van der Waals surface area contributed by atoms with E-state index in [4.69, 9.17) is 23.7 Å². The number of nitro benzene ring substituents is 1. The first kappa shape index (κ1) is 37.3. The Labute approximate surface area is 299 Å². The van der Waals surface area contributed by atoms with Crippen LogP contribution in [0.3, 0.4) is 0 Å². The highest BCUT2D eigenvalue weighted by atomic mass is 16.7. The van der Waals surface area contributed by atoms with E-state index in [0.717, 1.165) is 24.0 Å². The van der Waals surface area contributed by atoms with E-state index in [2.05, 4.69) is 26.8 Å². The second kappa shape index (κ2) is 15.2. The number of carbonyl (C=O) groups excluding carboxylic acids is 2. The fourth-order valence-corrected chi connectivity index (χ4v) is 8.39. The van der Waals surface area contributed by atoms with Gasteiger partial charge in [0.15, 0.2) is 17.7 Å². The van der Waals surface area contributed by atoms with E-state index in [1.165, 1.54) is 18.2 Å². The van der Waals surface area contributed by atoms with E-state index in [1.807, 2.05) is 19.1 Å². The zero-order valence-electron chi connectivity index (χ0n) is 30.2. The van der Waals surface area contributed by atoms with Crippen molar-refractivity contribution in [2.75, 3.05) is 13.2 Å². The highest BCUT2D eigenvalue weighted by molar-refractivity contribution is 6.03. The Morgan fingerprint density at radius 3 is 2.59 bits per heavy atom. The van der Waals surface area contributed by atoms with Gasteiger partial charge in [0, 0.05) is 37.3 Å². The molecule has 11 nitrogen and oxygen atoms in total. The molecule has 5 aliphatic rings. The molecule has 3 fully saturated rings. The Balaban J connectivity index is 1.33. The topological polar surface area (TPSA) is 144 Å². The van der Waals surface area contributed by atoms with Crippen molar-refractivity contribution < 1.29 is 43.3 Å². The maximum atomic E-state index is 14.1. The summed E-state index contributed by atoms with van der Waals surface area (Å²) in [5.74, 6) is -2.70. The summed E-state index contributed by atoms with van der Waals surface area (Å²) in [4.78, 5) is 38.0. The fourth-order valence-electron chi connectivity index (χ4n) is 8.39. The van der Waals surface area contributed by atoms with Crippen LogP contribution in [0.4, 0.5) is 5.69 Å². The van der Waals surface area contributed by atoms with Crippen LogP contribution in [0.25, 0.3) is 0 Å². The van der Waals surface area contributed by atoms with Crippen molar-refractivity contribution in [3.63, 3.8) is 0 Å². The molecule has 276 valence electrons. The van der Waals surface area contributed by atoms with Crippen molar-refractivity contribution >= 4 is 17.4 Å². The number of esters is 1. The molecule has 1 aliphatic carbocycles. The highest BCUT2D eigenvalue weighted by Gasteiger charge is 2.60. The molecule has 1 N–H and O–H groups in total. The first-order valence-electron chi connectivity index (χ1n) is 18.4. The number of ether oxygens (including phenoxy) is 5. The lowest BCUT2D eigenvalue weighted by Gasteiger charge is -2.49. The molecule has 0 aromatic heterocycles. The number of rotatable bonds is 6. The lowest BCUT2D eigenvalue weighted by Crippen LogP contribution is -2.57. The van der Waals surface area contributed by atoms with E-state index in [0.29, 0.717) is 55.8 Å². The van der Waals surface area contributed by atoms with Crippen molar-refractivity contribution in [1.29, 1.82) is 0 Å². The summed E-state index contributed by atoms with van der Waals surface area (Å²) >= 11 is 0. The van der Waals surface area contributed by atoms with Gasteiger partial charge in [0.05, 0.1) is 36.4 Å². The van der Waals surface area contributed by atoms with Crippen LogP contribution in [0.2, 0.25) is 0 Å². The van der Waals surface area contributed by atoms with Gasteiger partial charge in [-0.3, -0.25) is 19.7 Å². The Hall–Kier alpha value is -3.48. The van der Waals surface area contributed by atoms with Crippen molar-refractivity contribution in [1.82, 2.24) is 0 Å². The average molecular weight is 706 g/mol. The highest BCUT2D eigenvalue weighted by Crippen LogP contribution is 2.46. The van der Waals surface area contributed by atoms with Gasteiger partial charge in [-0.25, -0.2) is 0 Å². The minimum absolute atomic E-state index is 0.00247. The van der Waals surface area contributed by atoms with Crippen LogP contribution in [0.15, 0.2) is 71.4 Å². The Kier molecular flexibility index (Phi) is 11.1. The number of fused-ring (bicyclic) bond motifs is 2. The van der Waals surface area contributed by atoms with Crippen molar-refractivity contribution in [2.24, 2.45) is 17.8 Å². The third-order valence-corrected chi connectivity index (χ3v) is 11.4. The number of allylic oxidation sites excluding steroid dienone is 2. The van der Waals surface area contributed by atoms with Crippen LogP contribution in [0.1, 0.15) is 78.7 Å². The van der Waals surface area contributed by atoms with E-state index >= 15 is 0 Å². The van der Waals surface area contributed by atoms with Gasteiger partial charge >= 0.3 is 5.97 Å². The molecular formula is C40H51NO10. The molecule has 6 rings (SSSR count). The predicted molar refractivity (Wildman–Crippen MR) is 189 cm³/mol. The standard InChI is InChI=1S/C40H51NO10/c1-6-34-24(2)16-18-39(51-34)22-32-21-31(50-39)15-10-26(4)36(47-19-17-28-11-13-30(14-12-28)41(45)46)25(3)8-7-9-29-23-48-37-35(42)27(5)20-33(38(43)49-32)40(29,37)44/h7-14,20,24-25,31-34,36-37,44H,6,15-19,21-23H2,1-5H3/b8-7+,26-10+,29-9+/t24-,25-,31+,32-,33-,34+,36?,37+,39+,40+/m0/s1. The minimum atomic E-state index is -1.89. The summed E-state index contributed by atoms with van der Waals surface area (Å²) < 4.78 is 32.1.